The number of hydrogen-bond donors (Lipinski definition) is 2. The minimum Gasteiger partial charge on any atom is -0.502 e. The number of phenols is 1. The molecule has 0 aliphatic carbocycles. The molecule has 2 N–H and O–H groups in total. The first-order valence-electron chi connectivity index (χ1n) is 7.60. The Bertz CT molecular complexity index is 798. The van der Waals surface area contributed by atoms with E-state index in [1.165, 1.54) is 20.4 Å². The molecule has 0 radical (unpaired) electrons. The van der Waals surface area contributed by atoms with Crippen LogP contribution in [0.3, 0.4) is 0 Å². The van der Waals surface area contributed by atoms with E-state index in [0.717, 1.165) is 10.0 Å². The minimum absolute atomic E-state index is 0.102. The Kier molecular flexibility index (Phi) is 6.85. The first-order chi connectivity index (χ1) is 12.4. The Morgan fingerprint density at radius 1 is 1.19 bits per heavy atom. The molecular weight excluding hydrogens is 404 g/mol. The monoisotopic (exact) mass is 422 g/mol. The first-order valence-corrected chi connectivity index (χ1v) is 8.39. The molecular formula is C18H19BrN2O5. The molecule has 7 nitrogen and oxygen atoms in total. The number of nitrogens with zero attached hydrogens (tertiary/aromatic N) is 1. The van der Waals surface area contributed by atoms with Gasteiger partial charge in [0, 0.05) is 10.0 Å². The molecule has 2 aromatic carbocycles. The maximum atomic E-state index is 11.8. The lowest BCUT2D eigenvalue weighted by molar-refractivity contribution is -0.123. The third-order valence-corrected chi connectivity index (χ3v) is 3.89. The van der Waals surface area contributed by atoms with E-state index in [-0.39, 0.29) is 23.9 Å². The van der Waals surface area contributed by atoms with Gasteiger partial charge in [-0.05, 0) is 42.8 Å². The Hall–Kier alpha value is -2.74. The molecule has 0 bridgehead atoms. The van der Waals surface area contributed by atoms with Crippen molar-refractivity contribution >= 4 is 28.1 Å². The fraction of sp³-hybridized carbons (Fsp3) is 0.222. The quantitative estimate of drug-likeness (QED) is 0.528. The predicted molar refractivity (Wildman–Crippen MR) is 101 cm³/mol. The van der Waals surface area contributed by atoms with E-state index in [0.29, 0.717) is 11.3 Å². The smallest absolute Gasteiger partial charge is 0.277 e. The van der Waals surface area contributed by atoms with Crippen LogP contribution in [0, 0.1) is 6.92 Å². The lowest BCUT2D eigenvalue weighted by Crippen LogP contribution is -2.24. The van der Waals surface area contributed by atoms with Crippen LogP contribution in [0.5, 0.6) is 23.0 Å². The van der Waals surface area contributed by atoms with Crippen molar-refractivity contribution in [3.63, 3.8) is 0 Å². The highest BCUT2D eigenvalue weighted by atomic mass is 79.9. The third-order valence-electron chi connectivity index (χ3n) is 3.40. The molecule has 2 aromatic rings. The van der Waals surface area contributed by atoms with E-state index in [9.17, 15) is 9.90 Å². The van der Waals surface area contributed by atoms with Crippen molar-refractivity contribution in [2.24, 2.45) is 5.10 Å². The Morgan fingerprint density at radius 3 is 2.42 bits per heavy atom. The summed E-state index contributed by atoms with van der Waals surface area (Å²) in [6.45, 7) is 1.73. The Morgan fingerprint density at radius 2 is 1.85 bits per heavy atom. The van der Waals surface area contributed by atoms with Crippen LogP contribution in [0.15, 0.2) is 39.9 Å². The normalized spacial score (nSPS) is 10.6. The van der Waals surface area contributed by atoms with E-state index < -0.39 is 5.91 Å². The molecule has 2 rings (SSSR count). The van der Waals surface area contributed by atoms with Crippen molar-refractivity contribution in [1.82, 2.24) is 5.43 Å². The predicted octanol–water partition coefficient (Wildman–Crippen LogP) is 3.01. The number of halogens is 1. The molecule has 26 heavy (non-hydrogen) atoms. The molecule has 0 aliphatic rings. The number of carbonyl (C=O) groups excluding carboxylic acids is 1. The van der Waals surface area contributed by atoms with Crippen LogP contribution in [-0.2, 0) is 4.79 Å². The van der Waals surface area contributed by atoms with Gasteiger partial charge in [-0.1, -0.05) is 15.9 Å². The number of hydrogen-bond acceptors (Lipinski definition) is 6. The van der Waals surface area contributed by atoms with Crippen LogP contribution < -0.4 is 19.6 Å². The van der Waals surface area contributed by atoms with Crippen LogP contribution >= 0.6 is 15.9 Å². The average Bonchev–Trinajstić information content (AvgIpc) is 2.62. The van der Waals surface area contributed by atoms with E-state index in [4.69, 9.17) is 14.2 Å². The molecule has 1 amide bonds. The lowest BCUT2D eigenvalue weighted by Gasteiger charge is -2.09. The van der Waals surface area contributed by atoms with E-state index in [2.05, 4.69) is 26.5 Å². The SMILES string of the molecule is COc1cc(/C=N/NC(=O)COc2ccc(Br)cc2C)cc(OC)c1O. The van der Waals surface area contributed by atoms with Gasteiger partial charge in [-0.15, -0.1) is 0 Å². The molecule has 0 unspecified atom stereocenters. The maximum absolute atomic E-state index is 11.8. The van der Waals surface area contributed by atoms with Gasteiger partial charge in [-0.25, -0.2) is 5.43 Å². The topological polar surface area (TPSA) is 89.4 Å². The van der Waals surface area contributed by atoms with Crippen LogP contribution in [0.2, 0.25) is 0 Å². The Balaban J connectivity index is 1.94. The number of hydrazone groups is 1. The number of aryl methyl sites for hydroxylation is 1. The highest BCUT2D eigenvalue weighted by Crippen LogP contribution is 2.36. The molecule has 0 spiro atoms. The molecule has 0 heterocycles. The minimum atomic E-state index is -0.402. The molecule has 0 aliphatic heterocycles. The zero-order chi connectivity index (χ0) is 19.1. The van der Waals surface area contributed by atoms with Crippen molar-refractivity contribution in [3.8, 4) is 23.0 Å². The number of ether oxygens (including phenoxy) is 3. The highest BCUT2D eigenvalue weighted by molar-refractivity contribution is 9.10. The first kappa shape index (κ1) is 19.6. The molecule has 0 saturated carbocycles. The van der Waals surface area contributed by atoms with Crippen LogP contribution in [0.1, 0.15) is 11.1 Å². The van der Waals surface area contributed by atoms with Crippen molar-refractivity contribution in [2.75, 3.05) is 20.8 Å². The van der Waals surface area contributed by atoms with Crippen LogP contribution in [0.25, 0.3) is 0 Å². The standard InChI is InChI=1S/C18H19BrN2O5/c1-11-6-13(19)4-5-14(11)26-10-17(22)21-20-9-12-7-15(24-2)18(23)16(8-12)25-3/h4-9,23H,10H2,1-3H3,(H,21,22)/b20-9+. The second-order valence-electron chi connectivity index (χ2n) is 5.27. The van der Waals surface area contributed by atoms with E-state index in [1.54, 1.807) is 18.2 Å². The van der Waals surface area contributed by atoms with Crippen molar-refractivity contribution < 1.29 is 24.1 Å². The fourth-order valence-electron chi connectivity index (χ4n) is 2.12. The van der Waals surface area contributed by atoms with Crippen LogP contribution in [0.4, 0.5) is 0 Å². The van der Waals surface area contributed by atoms with Gasteiger partial charge in [0.05, 0.1) is 20.4 Å². The summed E-state index contributed by atoms with van der Waals surface area (Å²) in [5.74, 6) is 0.605. The van der Waals surface area contributed by atoms with Gasteiger partial charge in [-0.3, -0.25) is 4.79 Å². The van der Waals surface area contributed by atoms with Crippen molar-refractivity contribution in [1.29, 1.82) is 0 Å². The summed E-state index contributed by atoms with van der Waals surface area (Å²) >= 11 is 3.37. The third kappa shape index (κ3) is 5.13. The lowest BCUT2D eigenvalue weighted by atomic mass is 10.2. The van der Waals surface area contributed by atoms with Gasteiger partial charge >= 0.3 is 0 Å². The summed E-state index contributed by atoms with van der Waals surface area (Å²) in [6, 6.07) is 8.65. The zero-order valence-corrected chi connectivity index (χ0v) is 16.2. The number of aromatic hydroxyl groups is 1. The van der Waals surface area contributed by atoms with E-state index in [1.807, 2.05) is 19.1 Å². The maximum Gasteiger partial charge on any atom is 0.277 e. The van der Waals surface area contributed by atoms with Gasteiger partial charge in [0.25, 0.3) is 5.91 Å². The molecule has 0 saturated heterocycles. The summed E-state index contributed by atoms with van der Waals surface area (Å²) in [5.41, 5.74) is 3.87. The number of carbonyl (C=O) groups is 1. The zero-order valence-electron chi connectivity index (χ0n) is 14.6. The summed E-state index contributed by atoms with van der Waals surface area (Å²) in [5, 5.41) is 13.7. The molecule has 0 atom stereocenters. The molecule has 0 aromatic heterocycles. The van der Waals surface area contributed by atoms with Crippen LogP contribution in [-0.4, -0.2) is 38.1 Å². The number of phenolic OH excluding ortho intramolecular Hbond substituents is 1. The number of amides is 1. The molecule has 138 valence electrons. The van der Waals surface area contributed by atoms with E-state index >= 15 is 0 Å². The highest BCUT2D eigenvalue weighted by Gasteiger charge is 2.10. The molecule has 8 heteroatoms. The van der Waals surface area contributed by atoms with Gasteiger partial charge in [-0.2, -0.15) is 5.10 Å². The van der Waals surface area contributed by atoms with Gasteiger partial charge < -0.3 is 19.3 Å². The van der Waals surface area contributed by atoms with Crippen molar-refractivity contribution in [2.45, 2.75) is 6.92 Å². The van der Waals surface area contributed by atoms with Gasteiger partial charge in [0.2, 0.25) is 5.75 Å². The average molecular weight is 423 g/mol. The largest absolute Gasteiger partial charge is 0.502 e. The number of benzene rings is 2. The number of nitrogens with one attached hydrogen (secondary N) is 1. The van der Waals surface area contributed by atoms with Gasteiger partial charge in [0.1, 0.15) is 5.75 Å². The summed E-state index contributed by atoms with van der Waals surface area (Å²) in [7, 11) is 2.86. The number of rotatable bonds is 7. The van der Waals surface area contributed by atoms with Gasteiger partial charge in [0.15, 0.2) is 18.1 Å². The van der Waals surface area contributed by atoms with Crippen molar-refractivity contribution in [3.05, 3.63) is 45.9 Å². The molecule has 0 fully saturated rings. The summed E-state index contributed by atoms with van der Waals surface area (Å²) in [6.07, 6.45) is 1.41. The second kappa shape index (κ2) is 9.10. The summed E-state index contributed by atoms with van der Waals surface area (Å²) < 4.78 is 16.5. The second-order valence-corrected chi connectivity index (χ2v) is 6.18. The number of methoxy groups -OCH3 is 2. The summed E-state index contributed by atoms with van der Waals surface area (Å²) in [4.78, 5) is 11.8. The Labute approximate surface area is 159 Å². The fourth-order valence-corrected chi connectivity index (χ4v) is 2.59.